The Hall–Kier alpha value is -4.08. The molecule has 10 heteroatoms. The molecule has 6 N–H and O–H groups in total. The van der Waals surface area contributed by atoms with Gasteiger partial charge in [0.25, 0.3) is 11.8 Å². The molecule has 2 aromatic carbocycles. The van der Waals surface area contributed by atoms with Crippen molar-refractivity contribution >= 4 is 23.6 Å². The van der Waals surface area contributed by atoms with Crippen LogP contribution in [0.2, 0.25) is 0 Å². The SMILES string of the molecule is CCCCCCC(CCCC(=O)NNC(=O)c1ccc(CCCC)cc1O)C(=O)NNC(=O)c1ccc(CCCC)cc1O. The maximum absolute atomic E-state index is 13.0. The van der Waals surface area contributed by atoms with Gasteiger partial charge in [-0.25, -0.2) is 0 Å². The third kappa shape index (κ3) is 12.7. The Labute approximate surface area is 261 Å². The van der Waals surface area contributed by atoms with Gasteiger partial charge in [0.2, 0.25) is 11.8 Å². The van der Waals surface area contributed by atoms with Gasteiger partial charge in [-0.3, -0.25) is 40.9 Å². The predicted molar refractivity (Wildman–Crippen MR) is 171 cm³/mol. The van der Waals surface area contributed by atoms with Gasteiger partial charge in [0.05, 0.1) is 11.1 Å². The summed E-state index contributed by atoms with van der Waals surface area (Å²) in [5, 5.41) is 20.5. The van der Waals surface area contributed by atoms with E-state index in [0.29, 0.717) is 19.3 Å². The second kappa shape index (κ2) is 20.0. The average Bonchev–Trinajstić information content (AvgIpc) is 3.01. The number of amides is 4. The number of phenolic OH excluding ortho intramolecular Hbond substituents is 2. The summed E-state index contributed by atoms with van der Waals surface area (Å²) in [7, 11) is 0. The molecule has 0 aliphatic rings. The Morgan fingerprint density at radius 1 is 0.614 bits per heavy atom. The molecule has 0 fully saturated rings. The van der Waals surface area contributed by atoms with E-state index < -0.39 is 23.6 Å². The first-order valence-corrected chi connectivity index (χ1v) is 16.0. The normalized spacial score (nSPS) is 11.4. The van der Waals surface area contributed by atoms with Crippen LogP contribution < -0.4 is 21.7 Å². The van der Waals surface area contributed by atoms with Crippen LogP contribution in [0, 0.1) is 5.92 Å². The van der Waals surface area contributed by atoms with Gasteiger partial charge in [0, 0.05) is 12.3 Å². The summed E-state index contributed by atoms with van der Waals surface area (Å²) >= 11 is 0. The molecule has 0 radical (unpaired) electrons. The van der Waals surface area contributed by atoms with Crippen LogP contribution in [0.4, 0.5) is 0 Å². The summed E-state index contributed by atoms with van der Waals surface area (Å²) in [6.45, 7) is 6.26. The Kier molecular flexibility index (Phi) is 16.4. The molecular weight excluding hydrogens is 560 g/mol. The molecule has 0 spiro atoms. The molecule has 0 heterocycles. The lowest BCUT2D eigenvalue weighted by atomic mass is 9.94. The van der Waals surface area contributed by atoms with E-state index >= 15 is 0 Å². The summed E-state index contributed by atoms with van der Waals surface area (Å²) < 4.78 is 0. The number of carbonyl (C=O) groups excluding carboxylic acids is 4. The van der Waals surface area contributed by atoms with Crippen molar-refractivity contribution in [2.24, 2.45) is 5.92 Å². The number of aromatic hydroxyl groups is 2. The topological polar surface area (TPSA) is 157 Å². The zero-order valence-electron chi connectivity index (χ0n) is 26.5. The Balaban J connectivity index is 1.86. The maximum atomic E-state index is 13.0. The van der Waals surface area contributed by atoms with Gasteiger partial charge >= 0.3 is 0 Å². The summed E-state index contributed by atoms with van der Waals surface area (Å²) in [5.41, 5.74) is 11.6. The molecule has 0 aliphatic carbocycles. The van der Waals surface area contributed by atoms with E-state index in [9.17, 15) is 29.4 Å². The van der Waals surface area contributed by atoms with E-state index in [1.165, 1.54) is 6.07 Å². The number of rotatable bonds is 18. The zero-order valence-corrected chi connectivity index (χ0v) is 26.5. The second-order valence-corrected chi connectivity index (χ2v) is 11.3. The minimum Gasteiger partial charge on any atom is -0.507 e. The fourth-order valence-electron chi connectivity index (χ4n) is 4.89. The van der Waals surface area contributed by atoms with E-state index in [4.69, 9.17) is 0 Å². The van der Waals surface area contributed by atoms with Gasteiger partial charge in [-0.1, -0.05) is 71.4 Å². The van der Waals surface area contributed by atoms with Crippen molar-refractivity contribution < 1.29 is 29.4 Å². The number of aryl methyl sites for hydroxylation is 2. The van der Waals surface area contributed by atoms with Crippen LogP contribution in [0.5, 0.6) is 11.5 Å². The molecule has 0 bridgehead atoms. The van der Waals surface area contributed by atoms with Crippen molar-refractivity contribution in [2.45, 2.75) is 111 Å². The van der Waals surface area contributed by atoms with E-state index in [-0.39, 0.29) is 35.0 Å². The standard InChI is InChI=1S/C34H50N4O6/c1-4-7-10-11-15-26(32(42)36-38-34(44)28-21-19-25(14-9-6-3)23-30(28)40)16-12-17-31(41)35-37-33(43)27-20-18-24(13-8-5-2)22-29(27)39/h18-23,26,39-40H,4-17H2,1-3H3,(H,35,41)(H,36,42)(H,37,43)(H,38,44). The highest BCUT2D eigenvalue weighted by Gasteiger charge is 2.21. The van der Waals surface area contributed by atoms with Crippen molar-refractivity contribution in [3.8, 4) is 11.5 Å². The van der Waals surface area contributed by atoms with Crippen LogP contribution in [0.3, 0.4) is 0 Å². The molecule has 0 saturated heterocycles. The van der Waals surface area contributed by atoms with Crippen molar-refractivity contribution in [3.63, 3.8) is 0 Å². The van der Waals surface area contributed by atoms with Crippen molar-refractivity contribution in [2.75, 3.05) is 0 Å². The lowest BCUT2D eigenvalue weighted by Gasteiger charge is -2.17. The minimum atomic E-state index is -0.622. The number of benzene rings is 2. The summed E-state index contributed by atoms with van der Waals surface area (Å²) in [5.74, 6) is -2.73. The van der Waals surface area contributed by atoms with E-state index in [0.717, 1.165) is 75.3 Å². The van der Waals surface area contributed by atoms with Crippen molar-refractivity contribution in [1.29, 1.82) is 0 Å². The fraction of sp³-hybridized carbons (Fsp3) is 0.529. The Morgan fingerprint density at radius 3 is 1.61 bits per heavy atom. The summed E-state index contributed by atoms with van der Waals surface area (Å²) in [6, 6.07) is 9.80. The number of nitrogens with one attached hydrogen (secondary N) is 4. The highest BCUT2D eigenvalue weighted by atomic mass is 16.3. The first kappa shape index (κ1) is 36.1. The zero-order chi connectivity index (χ0) is 32.3. The fourth-order valence-corrected chi connectivity index (χ4v) is 4.89. The van der Waals surface area contributed by atoms with Gasteiger partial charge in [-0.05, 0) is 80.3 Å². The molecule has 2 rings (SSSR count). The smallest absolute Gasteiger partial charge is 0.273 e. The molecule has 10 nitrogen and oxygen atoms in total. The molecule has 44 heavy (non-hydrogen) atoms. The second-order valence-electron chi connectivity index (χ2n) is 11.3. The third-order valence-electron chi connectivity index (χ3n) is 7.60. The first-order valence-electron chi connectivity index (χ1n) is 16.0. The molecule has 0 saturated carbocycles. The molecule has 0 aliphatic heterocycles. The quantitative estimate of drug-likeness (QED) is 0.0930. The van der Waals surface area contributed by atoms with E-state index in [1.54, 1.807) is 30.3 Å². The van der Waals surface area contributed by atoms with Crippen LogP contribution in [0.1, 0.15) is 130 Å². The molecule has 1 unspecified atom stereocenters. The van der Waals surface area contributed by atoms with Gasteiger partial charge in [-0.15, -0.1) is 0 Å². The molecule has 242 valence electrons. The van der Waals surface area contributed by atoms with Crippen LogP contribution in [0.25, 0.3) is 0 Å². The summed E-state index contributed by atoms with van der Waals surface area (Å²) in [6.07, 6.45) is 11.0. The molecule has 4 amide bonds. The largest absolute Gasteiger partial charge is 0.507 e. The number of hydrogen-bond donors (Lipinski definition) is 6. The lowest BCUT2D eigenvalue weighted by Crippen LogP contribution is -2.44. The van der Waals surface area contributed by atoms with E-state index in [1.807, 2.05) is 0 Å². The maximum Gasteiger partial charge on any atom is 0.273 e. The van der Waals surface area contributed by atoms with Gasteiger partial charge in [-0.2, -0.15) is 0 Å². The third-order valence-corrected chi connectivity index (χ3v) is 7.60. The highest BCUT2D eigenvalue weighted by molar-refractivity contribution is 5.98. The first-order chi connectivity index (χ1) is 21.2. The molecular formula is C34H50N4O6. The van der Waals surface area contributed by atoms with Crippen LogP contribution in [0.15, 0.2) is 36.4 Å². The number of carbonyl (C=O) groups is 4. The van der Waals surface area contributed by atoms with Gasteiger partial charge < -0.3 is 10.2 Å². The van der Waals surface area contributed by atoms with Crippen LogP contribution in [-0.4, -0.2) is 33.8 Å². The molecule has 0 aromatic heterocycles. The van der Waals surface area contributed by atoms with Crippen molar-refractivity contribution in [3.05, 3.63) is 58.7 Å². The number of unbranched alkanes of at least 4 members (excludes halogenated alkanes) is 5. The monoisotopic (exact) mass is 610 g/mol. The van der Waals surface area contributed by atoms with Crippen LogP contribution in [-0.2, 0) is 22.4 Å². The van der Waals surface area contributed by atoms with Gasteiger partial charge in [0.15, 0.2) is 0 Å². The average molecular weight is 611 g/mol. The van der Waals surface area contributed by atoms with Crippen LogP contribution >= 0.6 is 0 Å². The Morgan fingerprint density at radius 2 is 1.11 bits per heavy atom. The number of hydrogen-bond acceptors (Lipinski definition) is 6. The minimum absolute atomic E-state index is 0.0668. The predicted octanol–water partition coefficient (Wildman–Crippen LogP) is 5.76. The molecule has 1 atom stereocenters. The lowest BCUT2D eigenvalue weighted by molar-refractivity contribution is -0.127. The number of phenols is 2. The van der Waals surface area contributed by atoms with Gasteiger partial charge in [0.1, 0.15) is 11.5 Å². The van der Waals surface area contributed by atoms with Crippen molar-refractivity contribution in [1.82, 2.24) is 21.7 Å². The van der Waals surface area contributed by atoms with E-state index in [2.05, 4.69) is 42.5 Å². The molecule has 2 aromatic rings. The Bertz CT molecular complexity index is 1230. The summed E-state index contributed by atoms with van der Waals surface area (Å²) in [4.78, 5) is 50.5. The highest BCUT2D eigenvalue weighted by Crippen LogP contribution is 2.22. The number of hydrazine groups is 2.